The number of carbonyl (C=O) groups excluding carboxylic acids is 2. The highest BCUT2D eigenvalue weighted by molar-refractivity contribution is 5.88. The van der Waals surface area contributed by atoms with Crippen LogP contribution < -0.4 is 11.0 Å². The van der Waals surface area contributed by atoms with Gasteiger partial charge in [-0.15, -0.1) is 0 Å². The van der Waals surface area contributed by atoms with E-state index in [9.17, 15) is 28.8 Å². The summed E-state index contributed by atoms with van der Waals surface area (Å²) in [7, 11) is 0. The number of amides is 2. The van der Waals surface area contributed by atoms with Crippen LogP contribution in [0.1, 0.15) is 91.7 Å². The van der Waals surface area contributed by atoms with E-state index in [0.29, 0.717) is 73.6 Å². The van der Waals surface area contributed by atoms with Crippen LogP contribution in [-0.2, 0) is 59.2 Å². The molecule has 264 valence electrons. The van der Waals surface area contributed by atoms with Crippen LogP contribution in [0.15, 0.2) is 48.8 Å². The maximum absolute atomic E-state index is 14.1. The maximum atomic E-state index is 14.1. The fraction of sp³-hybridized carbons (Fsp3) is 0.459. The second kappa shape index (κ2) is 15.4. The minimum atomic E-state index is -0.953. The molecule has 0 saturated carbocycles. The van der Waals surface area contributed by atoms with Crippen molar-refractivity contribution >= 4 is 11.8 Å². The lowest BCUT2D eigenvalue weighted by atomic mass is 9.71. The van der Waals surface area contributed by atoms with Crippen molar-refractivity contribution in [2.75, 3.05) is 0 Å². The van der Waals surface area contributed by atoms with Gasteiger partial charge in [-0.05, 0) is 125 Å². The Morgan fingerprint density at radius 2 is 1.08 bits per heavy atom. The number of carbonyl (C=O) groups is 2. The number of hydrogen-bond donors (Lipinski definition) is 4. The number of halogens is 2. The molecule has 0 fully saturated rings. The minimum Gasteiger partial charge on any atom is -0.289 e. The van der Waals surface area contributed by atoms with E-state index in [-0.39, 0.29) is 19.1 Å². The van der Waals surface area contributed by atoms with E-state index >= 15 is 0 Å². The lowest BCUT2D eigenvalue weighted by molar-refractivity contribution is -0.136. The van der Waals surface area contributed by atoms with Crippen molar-refractivity contribution < 1.29 is 28.8 Å². The number of rotatable bonds is 6. The molecule has 2 aliphatic carbocycles. The van der Waals surface area contributed by atoms with E-state index in [1.54, 1.807) is 49.1 Å². The van der Waals surface area contributed by atoms with Crippen LogP contribution in [0.25, 0.3) is 0 Å². The third-order valence-corrected chi connectivity index (χ3v) is 10.4. The number of hydrogen-bond acceptors (Lipinski definition) is 6. The number of aromatic nitrogens is 4. The van der Waals surface area contributed by atoms with Gasteiger partial charge in [-0.2, -0.15) is 10.2 Å². The number of aryl methyl sites for hydroxylation is 6. The summed E-state index contributed by atoms with van der Waals surface area (Å²) in [4.78, 5) is 25.2. The number of fused-ring (bicyclic) bond motifs is 2. The predicted molar refractivity (Wildman–Crippen MR) is 181 cm³/mol. The quantitative estimate of drug-likeness (QED) is 0.113. The van der Waals surface area contributed by atoms with Gasteiger partial charge in [-0.1, -0.05) is 31.7 Å². The fourth-order valence-corrected chi connectivity index (χ4v) is 7.48. The van der Waals surface area contributed by atoms with Crippen LogP contribution in [0.3, 0.4) is 0 Å². The van der Waals surface area contributed by atoms with Crippen LogP contribution in [0.2, 0.25) is 0 Å². The summed E-state index contributed by atoms with van der Waals surface area (Å²) in [6.45, 7) is 9.03. The van der Waals surface area contributed by atoms with Gasteiger partial charge >= 0.3 is 0 Å². The lowest BCUT2D eigenvalue weighted by Gasteiger charge is -2.32. The molecule has 2 unspecified atom stereocenters. The second-order valence-corrected chi connectivity index (χ2v) is 12.8. The van der Waals surface area contributed by atoms with E-state index in [1.807, 2.05) is 35.6 Å². The molecule has 2 aromatic heterocycles. The Labute approximate surface area is 286 Å². The standard InChI is InChI=1S/2C18H22FN3O2.CH4/c2*1-3-22-11-13-7-9-18(17(23)21-24,10-8-16(13)20-22)14-5-4-6-15(19)12(14)2;/h2*4-6,11,24H,3,7-10H2,1-2H3,(H,21,23);1H4. The molecule has 0 bridgehead atoms. The Balaban J connectivity index is 0.000000216. The summed E-state index contributed by atoms with van der Waals surface area (Å²) in [5, 5.41) is 27.7. The van der Waals surface area contributed by atoms with E-state index in [0.717, 1.165) is 35.6 Å². The summed E-state index contributed by atoms with van der Waals surface area (Å²) in [6, 6.07) is 9.57. The zero-order chi connectivity index (χ0) is 34.6. The Bertz CT molecular complexity index is 1620. The molecule has 2 heterocycles. The van der Waals surface area contributed by atoms with Crippen LogP contribution in [0.4, 0.5) is 8.78 Å². The van der Waals surface area contributed by atoms with Crippen molar-refractivity contribution in [3.63, 3.8) is 0 Å². The van der Waals surface area contributed by atoms with Crippen molar-refractivity contribution in [2.24, 2.45) is 0 Å². The first-order valence-electron chi connectivity index (χ1n) is 16.5. The molecule has 2 atom stereocenters. The summed E-state index contributed by atoms with van der Waals surface area (Å²) < 4.78 is 31.9. The Morgan fingerprint density at radius 1 is 0.714 bits per heavy atom. The molecule has 6 rings (SSSR count). The highest BCUT2D eigenvalue weighted by atomic mass is 19.1. The number of benzene rings is 2. The molecule has 2 aromatic carbocycles. The molecule has 4 N–H and O–H groups in total. The minimum absolute atomic E-state index is 0. The van der Waals surface area contributed by atoms with Gasteiger partial charge in [0.25, 0.3) is 11.8 Å². The molecule has 0 aliphatic heterocycles. The van der Waals surface area contributed by atoms with Gasteiger partial charge in [-0.25, -0.2) is 19.7 Å². The molecule has 0 spiro atoms. The van der Waals surface area contributed by atoms with Crippen molar-refractivity contribution in [3.05, 3.63) is 105 Å². The summed E-state index contributed by atoms with van der Waals surface area (Å²) in [5.41, 5.74) is 8.12. The van der Waals surface area contributed by atoms with Gasteiger partial charge in [0.15, 0.2) is 0 Å². The highest BCUT2D eigenvalue weighted by Gasteiger charge is 2.44. The van der Waals surface area contributed by atoms with Gasteiger partial charge in [0.2, 0.25) is 0 Å². The van der Waals surface area contributed by atoms with E-state index in [2.05, 4.69) is 10.2 Å². The second-order valence-electron chi connectivity index (χ2n) is 12.8. The Hall–Kier alpha value is -4.42. The largest absolute Gasteiger partial charge is 0.289 e. The first kappa shape index (κ1) is 37.4. The third kappa shape index (κ3) is 7.02. The van der Waals surface area contributed by atoms with Crippen LogP contribution in [0, 0.1) is 25.5 Å². The van der Waals surface area contributed by atoms with Crippen LogP contribution in [0.5, 0.6) is 0 Å². The van der Waals surface area contributed by atoms with Gasteiger partial charge in [0.05, 0.1) is 22.2 Å². The smallest absolute Gasteiger partial charge is 0.254 e. The van der Waals surface area contributed by atoms with Crippen LogP contribution >= 0.6 is 0 Å². The lowest BCUT2D eigenvalue weighted by Crippen LogP contribution is -2.44. The molecule has 0 saturated heterocycles. The van der Waals surface area contributed by atoms with Crippen molar-refractivity contribution in [2.45, 2.75) is 110 Å². The summed E-state index contributed by atoms with van der Waals surface area (Å²) >= 11 is 0. The maximum Gasteiger partial charge on any atom is 0.254 e. The molecular weight excluding hydrogens is 630 g/mol. The first-order valence-corrected chi connectivity index (χ1v) is 16.5. The van der Waals surface area contributed by atoms with Gasteiger partial charge in [0, 0.05) is 25.5 Å². The third-order valence-electron chi connectivity index (χ3n) is 10.4. The molecule has 12 heteroatoms. The summed E-state index contributed by atoms with van der Waals surface area (Å²) in [6.07, 6.45) is 8.57. The monoisotopic (exact) mass is 678 g/mol. The number of nitrogens with one attached hydrogen (secondary N) is 2. The average molecular weight is 679 g/mol. The SMILES string of the molecule is C.CCn1cc2c(n1)CCC(C(=O)NO)(c1cccc(F)c1C)CC2.CCn1cc2c(n1)CCC(C(=O)NO)(c1cccc(F)c1C)CC2. The zero-order valence-corrected chi connectivity index (χ0v) is 27.9. The van der Waals surface area contributed by atoms with E-state index < -0.39 is 22.6 Å². The van der Waals surface area contributed by atoms with Crippen LogP contribution in [-0.4, -0.2) is 41.8 Å². The topological polar surface area (TPSA) is 134 Å². The molecule has 4 aromatic rings. The number of nitrogens with zero attached hydrogens (tertiary/aromatic N) is 4. The zero-order valence-electron chi connectivity index (χ0n) is 27.9. The average Bonchev–Trinajstić information content (AvgIpc) is 3.60. The van der Waals surface area contributed by atoms with E-state index in [1.165, 1.54) is 12.1 Å². The fourth-order valence-electron chi connectivity index (χ4n) is 7.48. The molecule has 2 amide bonds. The Kier molecular flexibility index (Phi) is 11.8. The molecular formula is C37H48F2N6O4. The molecule has 10 nitrogen and oxygen atoms in total. The number of hydroxylamine groups is 2. The normalized spacial score (nSPS) is 19.9. The van der Waals surface area contributed by atoms with Crippen molar-refractivity contribution in [1.29, 1.82) is 0 Å². The first-order chi connectivity index (χ1) is 23.0. The Morgan fingerprint density at radius 3 is 1.43 bits per heavy atom. The van der Waals surface area contributed by atoms with Crippen molar-refractivity contribution in [1.82, 2.24) is 30.5 Å². The predicted octanol–water partition coefficient (Wildman–Crippen LogP) is 5.98. The molecule has 0 radical (unpaired) electrons. The van der Waals surface area contributed by atoms with Gasteiger partial charge in [-0.3, -0.25) is 29.4 Å². The van der Waals surface area contributed by atoms with Crippen molar-refractivity contribution in [3.8, 4) is 0 Å². The summed E-state index contributed by atoms with van der Waals surface area (Å²) in [5.74, 6) is -1.64. The highest BCUT2D eigenvalue weighted by Crippen LogP contribution is 2.41. The van der Waals surface area contributed by atoms with Gasteiger partial charge in [0.1, 0.15) is 11.6 Å². The molecule has 49 heavy (non-hydrogen) atoms. The molecule has 2 aliphatic rings. The van der Waals surface area contributed by atoms with Gasteiger partial charge < -0.3 is 0 Å². The van der Waals surface area contributed by atoms with E-state index in [4.69, 9.17) is 0 Å².